The molecule has 1 fully saturated rings. The van der Waals surface area contributed by atoms with Crippen molar-refractivity contribution < 1.29 is 4.79 Å². The average molecular weight is 479 g/mol. The van der Waals surface area contributed by atoms with Gasteiger partial charge in [-0.05, 0) is 48.2 Å². The van der Waals surface area contributed by atoms with E-state index in [1.54, 1.807) is 12.1 Å². The fourth-order valence-corrected chi connectivity index (χ4v) is 5.07. The summed E-state index contributed by atoms with van der Waals surface area (Å²) in [4.78, 5) is 12.9. The molecule has 0 aromatic heterocycles. The zero-order chi connectivity index (χ0) is 21.8. The molecule has 0 saturated heterocycles. The second-order valence-corrected chi connectivity index (χ2v) is 9.59. The molecule has 1 aliphatic heterocycles. The van der Waals surface area contributed by atoms with E-state index >= 15 is 0 Å². The highest BCUT2D eigenvalue weighted by Crippen LogP contribution is 2.39. The number of hydrogen-bond donors (Lipinski definition) is 1. The second-order valence-electron chi connectivity index (χ2n) is 8.31. The van der Waals surface area contributed by atoms with Crippen LogP contribution in [0.15, 0.2) is 47.6 Å². The Kier molecular flexibility index (Phi) is 7.42. The first-order valence-corrected chi connectivity index (χ1v) is 12.0. The monoisotopic (exact) mass is 477 g/mol. The molecule has 0 radical (unpaired) electrons. The molecule has 164 valence electrons. The third-order valence-corrected chi connectivity index (χ3v) is 6.94. The van der Waals surface area contributed by atoms with E-state index in [2.05, 4.69) is 10.4 Å². The van der Waals surface area contributed by atoms with Gasteiger partial charge in [0.15, 0.2) is 0 Å². The van der Waals surface area contributed by atoms with Crippen molar-refractivity contribution in [2.75, 3.05) is 11.6 Å². The number of anilines is 1. The number of carbonyl (C=O) groups is 1. The van der Waals surface area contributed by atoms with Crippen LogP contribution in [0.4, 0.5) is 5.69 Å². The van der Waals surface area contributed by atoms with Crippen LogP contribution in [0.2, 0.25) is 15.1 Å². The quantitative estimate of drug-likeness (QED) is 0.484. The summed E-state index contributed by atoms with van der Waals surface area (Å²) in [5, 5.41) is 11.3. The van der Waals surface area contributed by atoms with E-state index < -0.39 is 0 Å². The molecule has 2 aromatic rings. The summed E-state index contributed by atoms with van der Waals surface area (Å²) >= 11 is 18.6. The molecule has 1 atom stereocenters. The van der Waals surface area contributed by atoms with Gasteiger partial charge in [-0.2, -0.15) is 5.10 Å². The average Bonchev–Trinajstić information content (AvgIpc) is 3.20. The molecule has 1 heterocycles. The molecular weight excluding hydrogens is 453 g/mol. The number of halogens is 3. The Bertz CT molecular complexity index is 955. The minimum Gasteiger partial charge on any atom is -0.351 e. The van der Waals surface area contributed by atoms with Gasteiger partial charge in [0.1, 0.15) is 5.71 Å². The summed E-state index contributed by atoms with van der Waals surface area (Å²) in [6.07, 6.45) is 8.05. The van der Waals surface area contributed by atoms with E-state index in [0.29, 0.717) is 33.7 Å². The lowest BCUT2D eigenvalue weighted by Crippen LogP contribution is -2.32. The number of benzene rings is 2. The van der Waals surface area contributed by atoms with Crippen LogP contribution in [0.25, 0.3) is 0 Å². The Balaban J connectivity index is 1.50. The fourth-order valence-electron chi connectivity index (χ4n) is 4.45. The Morgan fingerprint density at radius 1 is 1.00 bits per heavy atom. The van der Waals surface area contributed by atoms with Crippen LogP contribution in [0.1, 0.15) is 56.6 Å². The zero-order valence-electron chi connectivity index (χ0n) is 17.3. The van der Waals surface area contributed by atoms with Crippen molar-refractivity contribution in [3.05, 3.63) is 63.1 Å². The van der Waals surface area contributed by atoms with Crippen LogP contribution < -0.4 is 10.3 Å². The minimum absolute atomic E-state index is 0.109. The van der Waals surface area contributed by atoms with E-state index in [1.807, 2.05) is 35.3 Å². The fraction of sp³-hybridized carbons (Fsp3) is 0.417. The van der Waals surface area contributed by atoms with Gasteiger partial charge < -0.3 is 5.32 Å². The van der Waals surface area contributed by atoms with Crippen molar-refractivity contribution in [3.63, 3.8) is 0 Å². The molecular formula is C24H26Cl3N3O. The van der Waals surface area contributed by atoms with Gasteiger partial charge in [-0.25, -0.2) is 0 Å². The van der Waals surface area contributed by atoms with E-state index in [-0.39, 0.29) is 11.9 Å². The largest absolute Gasteiger partial charge is 0.351 e. The smallest absolute Gasteiger partial charge is 0.267 e. The number of nitrogens with one attached hydrogen (secondary N) is 1. The summed E-state index contributed by atoms with van der Waals surface area (Å²) in [5.41, 5.74) is 2.25. The molecule has 4 rings (SSSR count). The lowest BCUT2D eigenvalue weighted by molar-refractivity contribution is -0.114. The molecule has 0 bridgehead atoms. The Labute approximate surface area is 198 Å². The Morgan fingerprint density at radius 3 is 2.42 bits per heavy atom. The molecule has 1 unspecified atom stereocenters. The van der Waals surface area contributed by atoms with Gasteiger partial charge >= 0.3 is 0 Å². The topological polar surface area (TPSA) is 44.7 Å². The maximum absolute atomic E-state index is 12.9. The number of rotatable bonds is 6. The van der Waals surface area contributed by atoms with Crippen LogP contribution in [-0.4, -0.2) is 18.2 Å². The molecule has 31 heavy (non-hydrogen) atoms. The lowest BCUT2D eigenvalue weighted by atomic mass is 9.87. The van der Waals surface area contributed by atoms with Crippen LogP contribution >= 0.6 is 34.8 Å². The molecule has 2 aromatic carbocycles. The minimum atomic E-state index is -0.143. The summed E-state index contributed by atoms with van der Waals surface area (Å²) in [6, 6.07) is 12.8. The third-order valence-electron chi connectivity index (χ3n) is 6.15. The standard InChI is InChI=1S/C24H26Cl3N3O/c25-18-8-6-17(7-9-18)23-15-21(24(31)28-13-12-16-4-2-1-3-5-16)29-30(23)22-11-10-19(26)14-20(22)27/h6-11,14,16,23H,1-5,12-13,15H2,(H,28,31). The summed E-state index contributed by atoms with van der Waals surface area (Å²) in [7, 11) is 0. The highest BCUT2D eigenvalue weighted by Gasteiger charge is 2.33. The SMILES string of the molecule is O=C(NCCC1CCCCC1)C1=NN(c2ccc(Cl)cc2Cl)C(c2ccc(Cl)cc2)C1. The molecule has 1 N–H and O–H groups in total. The molecule has 1 saturated carbocycles. The van der Waals surface area contributed by atoms with E-state index in [1.165, 1.54) is 32.1 Å². The van der Waals surface area contributed by atoms with Crippen molar-refractivity contribution >= 4 is 52.1 Å². The third kappa shape index (κ3) is 5.54. The maximum atomic E-state index is 12.9. The lowest BCUT2D eigenvalue weighted by Gasteiger charge is -2.25. The van der Waals surface area contributed by atoms with Gasteiger partial charge in [-0.3, -0.25) is 9.80 Å². The number of hydrogen-bond acceptors (Lipinski definition) is 3. The van der Waals surface area contributed by atoms with Crippen molar-refractivity contribution in [3.8, 4) is 0 Å². The van der Waals surface area contributed by atoms with Crippen molar-refractivity contribution in [2.24, 2.45) is 11.0 Å². The van der Waals surface area contributed by atoms with Crippen LogP contribution in [0, 0.1) is 5.92 Å². The van der Waals surface area contributed by atoms with Gasteiger partial charge in [0.2, 0.25) is 0 Å². The van der Waals surface area contributed by atoms with Crippen molar-refractivity contribution in [1.29, 1.82) is 0 Å². The van der Waals surface area contributed by atoms with E-state index in [0.717, 1.165) is 23.6 Å². The zero-order valence-corrected chi connectivity index (χ0v) is 19.6. The first-order valence-electron chi connectivity index (χ1n) is 10.9. The number of carbonyl (C=O) groups excluding carboxylic acids is 1. The summed E-state index contributed by atoms with van der Waals surface area (Å²) < 4.78 is 0. The summed E-state index contributed by atoms with van der Waals surface area (Å²) in [5.74, 6) is 0.619. The number of amides is 1. The van der Waals surface area contributed by atoms with Crippen molar-refractivity contribution in [1.82, 2.24) is 5.32 Å². The predicted molar refractivity (Wildman–Crippen MR) is 129 cm³/mol. The van der Waals surface area contributed by atoms with Gasteiger partial charge in [-0.1, -0.05) is 79.0 Å². The Morgan fingerprint density at radius 2 is 1.71 bits per heavy atom. The summed E-state index contributed by atoms with van der Waals surface area (Å²) in [6.45, 7) is 0.690. The number of hydrazone groups is 1. The van der Waals surface area contributed by atoms with Gasteiger partial charge in [0, 0.05) is 23.0 Å². The first-order chi connectivity index (χ1) is 15.0. The van der Waals surface area contributed by atoms with Gasteiger partial charge in [-0.15, -0.1) is 0 Å². The molecule has 7 heteroatoms. The molecule has 1 amide bonds. The molecule has 4 nitrogen and oxygen atoms in total. The van der Waals surface area contributed by atoms with Crippen LogP contribution in [-0.2, 0) is 4.79 Å². The van der Waals surface area contributed by atoms with Crippen molar-refractivity contribution in [2.45, 2.75) is 51.0 Å². The van der Waals surface area contributed by atoms with Gasteiger partial charge in [0.25, 0.3) is 5.91 Å². The number of nitrogens with zero attached hydrogens (tertiary/aromatic N) is 2. The highest BCUT2D eigenvalue weighted by atomic mass is 35.5. The Hall–Kier alpha value is -1.75. The predicted octanol–water partition coefficient (Wildman–Crippen LogP) is 7.04. The van der Waals surface area contributed by atoms with E-state index in [9.17, 15) is 4.79 Å². The van der Waals surface area contributed by atoms with Crippen LogP contribution in [0.3, 0.4) is 0 Å². The normalized spacial score (nSPS) is 19.4. The second kappa shape index (κ2) is 10.2. The maximum Gasteiger partial charge on any atom is 0.267 e. The highest BCUT2D eigenvalue weighted by molar-refractivity contribution is 6.40. The molecule has 2 aliphatic rings. The molecule has 0 spiro atoms. The molecule has 1 aliphatic carbocycles. The van der Waals surface area contributed by atoms with Gasteiger partial charge in [0.05, 0.1) is 16.8 Å². The first kappa shape index (κ1) is 22.4. The van der Waals surface area contributed by atoms with Crippen LogP contribution in [0.5, 0.6) is 0 Å². The van der Waals surface area contributed by atoms with E-state index in [4.69, 9.17) is 34.8 Å².